The fourth-order valence-electron chi connectivity index (χ4n) is 1.19. The maximum Gasteiger partial charge on any atom is 0.241 e. The van der Waals surface area contributed by atoms with Crippen LogP contribution in [-0.2, 0) is 0 Å². The molecular formula is C8H7ClFN5. The summed E-state index contributed by atoms with van der Waals surface area (Å²) in [5.41, 5.74) is 5.47. The summed E-state index contributed by atoms with van der Waals surface area (Å²) < 4.78 is 14.4. The molecule has 4 N–H and O–H groups in total. The van der Waals surface area contributed by atoms with E-state index < -0.39 is 5.82 Å². The van der Waals surface area contributed by atoms with Crippen molar-refractivity contribution < 1.29 is 4.39 Å². The van der Waals surface area contributed by atoms with Crippen molar-refractivity contribution >= 4 is 17.5 Å². The average molecular weight is 228 g/mol. The Kier molecular flexibility index (Phi) is 2.20. The van der Waals surface area contributed by atoms with E-state index in [0.717, 1.165) is 4.68 Å². The fourth-order valence-corrected chi connectivity index (χ4v) is 1.43. The first kappa shape index (κ1) is 9.72. The zero-order valence-electron chi connectivity index (χ0n) is 7.48. The van der Waals surface area contributed by atoms with Crippen LogP contribution >= 0.6 is 11.6 Å². The standard InChI is InChI=1S/C8H7ClFN5/c9-4-2-1-3-5(10)6(4)7-13-14-8(11)15(7)12/h1-3H,12H2,(H2,11,14). The normalized spacial score (nSPS) is 10.5. The number of benzene rings is 1. The Hall–Kier alpha value is -1.82. The maximum atomic E-state index is 13.5. The molecule has 0 fully saturated rings. The predicted molar refractivity (Wildman–Crippen MR) is 55.0 cm³/mol. The van der Waals surface area contributed by atoms with Crippen LogP contribution < -0.4 is 11.6 Å². The number of hydrogen-bond donors (Lipinski definition) is 2. The molecule has 2 aromatic rings. The van der Waals surface area contributed by atoms with Gasteiger partial charge in [-0.15, -0.1) is 10.2 Å². The molecule has 0 saturated heterocycles. The lowest BCUT2D eigenvalue weighted by Crippen LogP contribution is -2.13. The van der Waals surface area contributed by atoms with Gasteiger partial charge in [-0.2, -0.15) is 0 Å². The number of anilines is 1. The van der Waals surface area contributed by atoms with Crippen molar-refractivity contribution in [2.24, 2.45) is 0 Å². The number of hydrogen-bond acceptors (Lipinski definition) is 4. The molecule has 15 heavy (non-hydrogen) atoms. The van der Waals surface area contributed by atoms with E-state index in [9.17, 15) is 4.39 Å². The topological polar surface area (TPSA) is 82.8 Å². The molecule has 1 aromatic heterocycles. The van der Waals surface area contributed by atoms with Crippen LogP contribution in [0.5, 0.6) is 0 Å². The first-order valence-corrected chi connectivity index (χ1v) is 4.39. The second kappa shape index (κ2) is 3.39. The summed E-state index contributed by atoms with van der Waals surface area (Å²) in [6.07, 6.45) is 0. The number of rotatable bonds is 1. The minimum Gasteiger partial charge on any atom is -0.366 e. The molecule has 0 amide bonds. The molecule has 7 heteroatoms. The molecule has 1 heterocycles. The van der Waals surface area contributed by atoms with Crippen molar-refractivity contribution in [3.05, 3.63) is 29.0 Å². The Labute approximate surface area is 89.4 Å². The van der Waals surface area contributed by atoms with Crippen molar-refractivity contribution in [3.63, 3.8) is 0 Å². The molecule has 78 valence electrons. The summed E-state index contributed by atoms with van der Waals surface area (Å²) in [7, 11) is 0. The maximum absolute atomic E-state index is 13.5. The van der Waals surface area contributed by atoms with Crippen molar-refractivity contribution in [1.29, 1.82) is 0 Å². The molecular weight excluding hydrogens is 221 g/mol. The van der Waals surface area contributed by atoms with E-state index in [1.54, 1.807) is 0 Å². The van der Waals surface area contributed by atoms with E-state index >= 15 is 0 Å². The van der Waals surface area contributed by atoms with Gasteiger partial charge in [0.25, 0.3) is 0 Å². The molecule has 0 unspecified atom stereocenters. The monoisotopic (exact) mass is 227 g/mol. The third-order valence-electron chi connectivity index (χ3n) is 1.91. The van der Waals surface area contributed by atoms with Crippen LogP contribution in [-0.4, -0.2) is 14.9 Å². The average Bonchev–Trinajstić information content (AvgIpc) is 2.49. The van der Waals surface area contributed by atoms with Crippen molar-refractivity contribution in [2.45, 2.75) is 0 Å². The Morgan fingerprint density at radius 3 is 2.60 bits per heavy atom. The summed E-state index contributed by atoms with van der Waals surface area (Å²) >= 11 is 5.83. The molecule has 0 atom stereocenters. The largest absolute Gasteiger partial charge is 0.366 e. The Balaban J connectivity index is 2.69. The van der Waals surface area contributed by atoms with Gasteiger partial charge in [0.2, 0.25) is 5.95 Å². The van der Waals surface area contributed by atoms with Gasteiger partial charge < -0.3 is 11.6 Å². The van der Waals surface area contributed by atoms with Gasteiger partial charge in [-0.3, -0.25) is 0 Å². The zero-order valence-corrected chi connectivity index (χ0v) is 8.24. The van der Waals surface area contributed by atoms with Crippen LogP contribution in [0.15, 0.2) is 18.2 Å². The Morgan fingerprint density at radius 2 is 2.07 bits per heavy atom. The first-order valence-electron chi connectivity index (χ1n) is 4.01. The van der Waals surface area contributed by atoms with Gasteiger partial charge in [0.15, 0.2) is 5.82 Å². The zero-order chi connectivity index (χ0) is 11.0. The number of nitrogens with zero attached hydrogens (tertiary/aromatic N) is 3. The van der Waals surface area contributed by atoms with Crippen LogP contribution in [0.25, 0.3) is 11.4 Å². The minimum atomic E-state index is -0.526. The minimum absolute atomic E-state index is 0.00989. The summed E-state index contributed by atoms with van der Waals surface area (Å²) in [5, 5.41) is 7.36. The lowest BCUT2D eigenvalue weighted by molar-refractivity contribution is 0.629. The van der Waals surface area contributed by atoms with Crippen LogP contribution in [0.4, 0.5) is 10.3 Å². The second-order valence-corrected chi connectivity index (χ2v) is 3.26. The number of halogens is 2. The van der Waals surface area contributed by atoms with E-state index in [1.807, 2.05) is 0 Å². The number of nitrogens with two attached hydrogens (primary N) is 2. The summed E-state index contributed by atoms with van der Waals surface area (Å²) in [4.78, 5) is 0. The van der Waals surface area contributed by atoms with Crippen LogP contribution in [0, 0.1) is 5.82 Å². The number of nitrogen functional groups attached to an aromatic ring is 2. The van der Waals surface area contributed by atoms with Crippen molar-refractivity contribution in [3.8, 4) is 11.4 Å². The molecule has 0 aliphatic rings. The van der Waals surface area contributed by atoms with Crippen LogP contribution in [0.1, 0.15) is 0 Å². The van der Waals surface area contributed by atoms with Gasteiger partial charge in [-0.25, -0.2) is 9.07 Å². The smallest absolute Gasteiger partial charge is 0.241 e. The molecule has 0 spiro atoms. The molecule has 0 radical (unpaired) electrons. The SMILES string of the molecule is Nc1nnc(-c2c(F)cccc2Cl)n1N. The highest BCUT2D eigenvalue weighted by Gasteiger charge is 2.16. The quantitative estimate of drug-likeness (QED) is 0.713. The molecule has 0 aliphatic carbocycles. The summed E-state index contributed by atoms with van der Waals surface area (Å²) in [6, 6.07) is 4.28. The first-order chi connectivity index (χ1) is 7.11. The molecule has 5 nitrogen and oxygen atoms in total. The summed E-state index contributed by atoms with van der Waals surface area (Å²) in [6.45, 7) is 0. The molecule has 2 rings (SSSR count). The highest BCUT2D eigenvalue weighted by Crippen LogP contribution is 2.28. The predicted octanol–water partition coefficient (Wildman–Crippen LogP) is 1.03. The van der Waals surface area contributed by atoms with Crippen molar-refractivity contribution in [2.75, 3.05) is 11.6 Å². The van der Waals surface area contributed by atoms with Gasteiger partial charge in [-0.05, 0) is 12.1 Å². The molecule has 1 aromatic carbocycles. The molecule has 0 aliphatic heterocycles. The van der Waals surface area contributed by atoms with Gasteiger partial charge >= 0.3 is 0 Å². The van der Waals surface area contributed by atoms with Crippen LogP contribution in [0.3, 0.4) is 0 Å². The number of aromatic nitrogens is 3. The van der Waals surface area contributed by atoms with Gasteiger partial charge in [-0.1, -0.05) is 17.7 Å². The van der Waals surface area contributed by atoms with Gasteiger partial charge in [0, 0.05) is 0 Å². The molecule has 0 bridgehead atoms. The third-order valence-corrected chi connectivity index (χ3v) is 2.22. The van der Waals surface area contributed by atoms with E-state index in [-0.39, 0.29) is 22.4 Å². The third kappa shape index (κ3) is 1.48. The highest BCUT2D eigenvalue weighted by atomic mass is 35.5. The van der Waals surface area contributed by atoms with Gasteiger partial charge in [0.1, 0.15) is 5.82 Å². The Bertz CT molecular complexity index is 489. The van der Waals surface area contributed by atoms with Crippen molar-refractivity contribution in [1.82, 2.24) is 14.9 Å². The highest BCUT2D eigenvalue weighted by molar-refractivity contribution is 6.33. The summed E-state index contributed by atoms with van der Waals surface area (Å²) in [5.74, 6) is 5.07. The van der Waals surface area contributed by atoms with Gasteiger partial charge in [0.05, 0.1) is 10.6 Å². The lowest BCUT2D eigenvalue weighted by Gasteiger charge is -2.04. The van der Waals surface area contributed by atoms with Crippen LogP contribution in [0.2, 0.25) is 5.02 Å². The fraction of sp³-hybridized carbons (Fsp3) is 0. The second-order valence-electron chi connectivity index (χ2n) is 2.85. The van der Waals surface area contributed by atoms with E-state index in [4.69, 9.17) is 23.2 Å². The molecule has 0 saturated carbocycles. The van der Waals surface area contributed by atoms with E-state index in [1.165, 1.54) is 18.2 Å². The van der Waals surface area contributed by atoms with E-state index in [0.29, 0.717) is 0 Å². The van der Waals surface area contributed by atoms with E-state index in [2.05, 4.69) is 10.2 Å². The lowest BCUT2D eigenvalue weighted by atomic mass is 10.2. The Morgan fingerprint density at radius 1 is 1.33 bits per heavy atom.